The molecular weight excluding hydrogens is 178 g/mol. The highest BCUT2D eigenvalue weighted by atomic mass is 16.5. The van der Waals surface area contributed by atoms with Crippen LogP contribution < -0.4 is 5.32 Å². The molecule has 2 N–H and O–H groups in total. The van der Waals surface area contributed by atoms with Crippen LogP contribution >= 0.6 is 0 Å². The standard InChI is InChI=1S/C11H15NO2/c13-11(9-4-2-1-3-5-9)10-8-12-6-7-14-10/h1-5,10-13H,6-8H2/t10-,11+/m0/s1. The van der Waals surface area contributed by atoms with Gasteiger partial charge < -0.3 is 15.2 Å². The summed E-state index contributed by atoms with van der Waals surface area (Å²) in [5.41, 5.74) is 0.918. The van der Waals surface area contributed by atoms with Crippen molar-refractivity contribution in [1.82, 2.24) is 5.32 Å². The van der Waals surface area contributed by atoms with E-state index in [1.807, 2.05) is 30.3 Å². The molecule has 2 atom stereocenters. The smallest absolute Gasteiger partial charge is 0.106 e. The maximum absolute atomic E-state index is 9.98. The number of hydrogen-bond acceptors (Lipinski definition) is 3. The van der Waals surface area contributed by atoms with Gasteiger partial charge in [0.15, 0.2) is 0 Å². The lowest BCUT2D eigenvalue weighted by Crippen LogP contribution is -2.41. The fraction of sp³-hybridized carbons (Fsp3) is 0.455. The minimum absolute atomic E-state index is 0.119. The summed E-state index contributed by atoms with van der Waals surface area (Å²) in [6.45, 7) is 2.27. The second-order valence-corrected chi connectivity index (χ2v) is 3.47. The Morgan fingerprint density at radius 2 is 2.14 bits per heavy atom. The number of rotatable bonds is 2. The van der Waals surface area contributed by atoms with Crippen LogP contribution in [-0.4, -0.2) is 30.9 Å². The highest BCUT2D eigenvalue weighted by Gasteiger charge is 2.23. The van der Waals surface area contributed by atoms with Gasteiger partial charge in [0.1, 0.15) is 6.10 Å². The van der Waals surface area contributed by atoms with E-state index in [-0.39, 0.29) is 6.10 Å². The summed E-state index contributed by atoms with van der Waals surface area (Å²) in [7, 11) is 0. The fourth-order valence-electron chi connectivity index (χ4n) is 1.65. The molecule has 0 bridgehead atoms. The van der Waals surface area contributed by atoms with Crippen molar-refractivity contribution in [3.05, 3.63) is 35.9 Å². The number of aliphatic hydroxyl groups excluding tert-OH is 1. The molecule has 0 aliphatic carbocycles. The number of hydrogen-bond donors (Lipinski definition) is 2. The van der Waals surface area contributed by atoms with Crippen LogP contribution in [0, 0.1) is 0 Å². The van der Waals surface area contributed by atoms with Crippen LogP contribution in [0.3, 0.4) is 0 Å². The first-order valence-electron chi connectivity index (χ1n) is 4.93. The zero-order chi connectivity index (χ0) is 9.80. The molecule has 1 aromatic carbocycles. The summed E-state index contributed by atoms with van der Waals surface area (Å²) < 4.78 is 5.48. The minimum Gasteiger partial charge on any atom is -0.386 e. The van der Waals surface area contributed by atoms with E-state index < -0.39 is 6.10 Å². The molecule has 1 fully saturated rings. The largest absolute Gasteiger partial charge is 0.386 e. The molecule has 0 unspecified atom stereocenters. The third-order valence-corrected chi connectivity index (χ3v) is 2.45. The van der Waals surface area contributed by atoms with Crippen molar-refractivity contribution in [2.24, 2.45) is 0 Å². The minimum atomic E-state index is -0.524. The Hall–Kier alpha value is -0.900. The molecule has 14 heavy (non-hydrogen) atoms. The van der Waals surface area contributed by atoms with E-state index in [1.165, 1.54) is 0 Å². The maximum atomic E-state index is 9.98. The quantitative estimate of drug-likeness (QED) is 0.726. The third-order valence-electron chi connectivity index (χ3n) is 2.45. The van der Waals surface area contributed by atoms with E-state index >= 15 is 0 Å². The van der Waals surface area contributed by atoms with E-state index in [0.29, 0.717) is 6.61 Å². The fourth-order valence-corrected chi connectivity index (χ4v) is 1.65. The first-order chi connectivity index (χ1) is 6.88. The molecule has 1 aromatic rings. The van der Waals surface area contributed by atoms with Crippen LogP contribution in [0.25, 0.3) is 0 Å². The average Bonchev–Trinajstić information content (AvgIpc) is 2.30. The van der Waals surface area contributed by atoms with E-state index in [0.717, 1.165) is 18.7 Å². The van der Waals surface area contributed by atoms with Crippen LogP contribution in [0.5, 0.6) is 0 Å². The summed E-state index contributed by atoms with van der Waals surface area (Å²) in [5.74, 6) is 0. The summed E-state index contributed by atoms with van der Waals surface area (Å²) in [6.07, 6.45) is -0.643. The Kier molecular flexibility index (Phi) is 3.14. The molecule has 3 heteroatoms. The Morgan fingerprint density at radius 3 is 2.79 bits per heavy atom. The maximum Gasteiger partial charge on any atom is 0.106 e. The first kappa shape index (κ1) is 9.65. The summed E-state index contributed by atoms with van der Waals surface area (Å²) >= 11 is 0. The Labute approximate surface area is 83.7 Å². The van der Waals surface area contributed by atoms with Crippen LogP contribution in [-0.2, 0) is 4.74 Å². The van der Waals surface area contributed by atoms with Crippen molar-refractivity contribution < 1.29 is 9.84 Å². The van der Waals surface area contributed by atoms with Crippen molar-refractivity contribution >= 4 is 0 Å². The molecule has 3 nitrogen and oxygen atoms in total. The number of benzene rings is 1. The Bertz CT molecular complexity index is 270. The first-order valence-corrected chi connectivity index (χ1v) is 4.93. The van der Waals surface area contributed by atoms with E-state index in [4.69, 9.17) is 4.74 Å². The van der Waals surface area contributed by atoms with E-state index in [2.05, 4.69) is 5.32 Å². The molecular formula is C11H15NO2. The summed E-state index contributed by atoms with van der Waals surface area (Å²) in [6, 6.07) is 9.63. The molecule has 1 aliphatic heterocycles. The zero-order valence-electron chi connectivity index (χ0n) is 8.02. The molecule has 76 valence electrons. The molecule has 0 aromatic heterocycles. The molecule has 1 heterocycles. The van der Waals surface area contributed by atoms with Gasteiger partial charge in [0, 0.05) is 13.1 Å². The lowest BCUT2D eigenvalue weighted by Gasteiger charge is -2.27. The highest BCUT2D eigenvalue weighted by Crippen LogP contribution is 2.19. The monoisotopic (exact) mass is 193 g/mol. The van der Waals surface area contributed by atoms with Crippen molar-refractivity contribution in [2.45, 2.75) is 12.2 Å². The van der Waals surface area contributed by atoms with Crippen molar-refractivity contribution in [2.75, 3.05) is 19.7 Å². The normalized spacial score (nSPS) is 24.5. The molecule has 0 radical (unpaired) electrons. The van der Waals surface area contributed by atoms with Gasteiger partial charge in [0.25, 0.3) is 0 Å². The zero-order valence-corrected chi connectivity index (χ0v) is 8.02. The molecule has 0 amide bonds. The van der Waals surface area contributed by atoms with Crippen molar-refractivity contribution in [3.63, 3.8) is 0 Å². The second-order valence-electron chi connectivity index (χ2n) is 3.47. The van der Waals surface area contributed by atoms with Gasteiger partial charge in [-0.15, -0.1) is 0 Å². The molecule has 1 saturated heterocycles. The van der Waals surface area contributed by atoms with Crippen LogP contribution in [0.2, 0.25) is 0 Å². The predicted molar refractivity (Wildman–Crippen MR) is 54.0 cm³/mol. The molecule has 0 spiro atoms. The van der Waals surface area contributed by atoms with Gasteiger partial charge in [-0.3, -0.25) is 0 Å². The molecule has 0 saturated carbocycles. The van der Waals surface area contributed by atoms with Gasteiger partial charge in [0.2, 0.25) is 0 Å². The number of morpholine rings is 1. The summed E-state index contributed by atoms with van der Waals surface area (Å²) in [5, 5.41) is 13.2. The average molecular weight is 193 g/mol. The van der Waals surface area contributed by atoms with Crippen molar-refractivity contribution in [3.8, 4) is 0 Å². The van der Waals surface area contributed by atoms with Crippen molar-refractivity contribution in [1.29, 1.82) is 0 Å². The number of aliphatic hydroxyl groups is 1. The summed E-state index contributed by atoms with van der Waals surface area (Å²) in [4.78, 5) is 0. The molecule has 1 aliphatic rings. The van der Waals surface area contributed by atoms with Crippen LogP contribution in [0.4, 0.5) is 0 Å². The topological polar surface area (TPSA) is 41.5 Å². The van der Waals surface area contributed by atoms with Gasteiger partial charge in [-0.1, -0.05) is 30.3 Å². The van der Waals surface area contributed by atoms with Gasteiger partial charge in [-0.2, -0.15) is 0 Å². The van der Waals surface area contributed by atoms with Gasteiger partial charge >= 0.3 is 0 Å². The van der Waals surface area contributed by atoms with Crippen LogP contribution in [0.1, 0.15) is 11.7 Å². The lowest BCUT2D eigenvalue weighted by atomic mass is 10.0. The third kappa shape index (κ3) is 2.12. The highest BCUT2D eigenvalue weighted by molar-refractivity contribution is 5.18. The van der Waals surface area contributed by atoms with E-state index in [9.17, 15) is 5.11 Å². The second kappa shape index (κ2) is 4.55. The van der Waals surface area contributed by atoms with Gasteiger partial charge in [0.05, 0.1) is 12.7 Å². The SMILES string of the molecule is O[C@H](c1ccccc1)[C@@H]1CNCCO1. The molecule has 2 rings (SSSR count). The predicted octanol–water partition coefficient (Wildman–Crippen LogP) is 0.708. The Morgan fingerprint density at radius 1 is 1.36 bits per heavy atom. The van der Waals surface area contributed by atoms with Crippen LogP contribution in [0.15, 0.2) is 30.3 Å². The Balaban J connectivity index is 2.03. The number of ether oxygens (including phenoxy) is 1. The van der Waals surface area contributed by atoms with Gasteiger partial charge in [-0.25, -0.2) is 0 Å². The lowest BCUT2D eigenvalue weighted by molar-refractivity contribution is -0.0536. The van der Waals surface area contributed by atoms with Gasteiger partial charge in [-0.05, 0) is 5.56 Å². The van der Waals surface area contributed by atoms with E-state index in [1.54, 1.807) is 0 Å². The number of nitrogens with one attached hydrogen (secondary N) is 1.